The Kier molecular flexibility index (Phi) is 5.34. The Morgan fingerprint density at radius 1 is 1.37 bits per heavy atom. The van der Waals surface area contributed by atoms with Crippen molar-refractivity contribution in [2.75, 3.05) is 13.1 Å². The van der Waals surface area contributed by atoms with Gasteiger partial charge in [-0.15, -0.1) is 0 Å². The summed E-state index contributed by atoms with van der Waals surface area (Å²) in [5.74, 6) is 0.272. The quantitative estimate of drug-likeness (QED) is 0.898. The van der Waals surface area contributed by atoms with Crippen molar-refractivity contribution < 1.29 is 9.18 Å². The molecule has 1 aliphatic heterocycles. The summed E-state index contributed by atoms with van der Waals surface area (Å²) in [6, 6.07) is 4.81. The minimum Gasteiger partial charge on any atom is -0.317 e. The first-order valence-corrected chi connectivity index (χ1v) is 7.20. The van der Waals surface area contributed by atoms with Gasteiger partial charge in [0, 0.05) is 12.8 Å². The Bertz CT molecular complexity index is 444. The number of piperidine rings is 1. The molecule has 0 saturated carbocycles. The predicted octanol–water partition coefficient (Wildman–Crippen LogP) is 3.37. The van der Waals surface area contributed by atoms with Crippen LogP contribution in [0.25, 0.3) is 0 Å². The molecule has 0 radical (unpaired) electrons. The Labute approximate surface area is 118 Å². The minimum absolute atomic E-state index is 0.0867. The van der Waals surface area contributed by atoms with Gasteiger partial charge < -0.3 is 5.32 Å². The van der Waals surface area contributed by atoms with E-state index in [-0.39, 0.29) is 17.2 Å². The zero-order valence-electron chi connectivity index (χ0n) is 10.9. The van der Waals surface area contributed by atoms with E-state index in [0.717, 1.165) is 32.4 Å². The second-order valence-electron chi connectivity index (χ2n) is 5.16. The molecule has 1 aromatic carbocycles. The molecule has 1 saturated heterocycles. The molecule has 0 bridgehead atoms. The lowest BCUT2D eigenvalue weighted by Crippen LogP contribution is -2.28. The molecule has 0 aliphatic carbocycles. The van der Waals surface area contributed by atoms with Crippen LogP contribution in [0, 0.1) is 11.7 Å². The maximum absolute atomic E-state index is 13.7. The molecule has 104 valence electrons. The zero-order chi connectivity index (χ0) is 13.7. The van der Waals surface area contributed by atoms with Gasteiger partial charge in [-0.2, -0.15) is 0 Å². The number of rotatable bonds is 5. The first-order valence-electron chi connectivity index (χ1n) is 6.82. The topological polar surface area (TPSA) is 29.1 Å². The van der Waals surface area contributed by atoms with Gasteiger partial charge in [0.15, 0.2) is 0 Å². The number of carbonyl (C=O) groups excluding carboxylic acids is 1. The Balaban J connectivity index is 1.82. The van der Waals surface area contributed by atoms with E-state index in [1.54, 1.807) is 12.1 Å². The van der Waals surface area contributed by atoms with Crippen molar-refractivity contribution in [3.63, 3.8) is 0 Å². The predicted molar refractivity (Wildman–Crippen MR) is 74.9 cm³/mol. The van der Waals surface area contributed by atoms with Crippen molar-refractivity contribution in [2.45, 2.75) is 32.1 Å². The average molecular weight is 284 g/mol. The van der Waals surface area contributed by atoms with Crippen molar-refractivity contribution in [2.24, 2.45) is 5.92 Å². The lowest BCUT2D eigenvalue weighted by atomic mass is 9.91. The fourth-order valence-electron chi connectivity index (χ4n) is 2.52. The minimum atomic E-state index is -0.459. The maximum Gasteiger partial charge on any atom is 0.145 e. The van der Waals surface area contributed by atoms with E-state index >= 15 is 0 Å². The molecule has 1 N–H and O–H groups in total. The number of hydrogen-bond acceptors (Lipinski definition) is 2. The highest BCUT2D eigenvalue weighted by Crippen LogP contribution is 2.21. The number of hydrogen-bond donors (Lipinski definition) is 1. The summed E-state index contributed by atoms with van der Waals surface area (Å²) in [4.78, 5) is 11.9. The Morgan fingerprint density at radius 2 is 2.11 bits per heavy atom. The van der Waals surface area contributed by atoms with Gasteiger partial charge in [0.2, 0.25) is 0 Å². The molecule has 0 amide bonds. The van der Waals surface area contributed by atoms with Crippen molar-refractivity contribution in [3.8, 4) is 0 Å². The molecule has 1 aliphatic rings. The summed E-state index contributed by atoms with van der Waals surface area (Å²) in [7, 11) is 0. The van der Waals surface area contributed by atoms with Crippen LogP contribution in [0.3, 0.4) is 0 Å². The molecule has 0 spiro atoms. The Hall–Kier alpha value is -0.930. The van der Waals surface area contributed by atoms with Crippen molar-refractivity contribution >= 4 is 17.4 Å². The fraction of sp³-hybridized carbons (Fsp3) is 0.533. The number of ketones is 1. The molecular weight excluding hydrogens is 265 g/mol. The molecule has 2 nitrogen and oxygen atoms in total. The zero-order valence-corrected chi connectivity index (χ0v) is 11.7. The SMILES string of the molecule is O=C(CCC1CCNCC1)Cc1cccc(Cl)c1F. The smallest absolute Gasteiger partial charge is 0.145 e. The van der Waals surface area contributed by atoms with Gasteiger partial charge in [-0.25, -0.2) is 4.39 Å². The second kappa shape index (κ2) is 7.01. The lowest BCUT2D eigenvalue weighted by Gasteiger charge is -2.22. The fourth-order valence-corrected chi connectivity index (χ4v) is 2.72. The highest BCUT2D eigenvalue weighted by Gasteiger charge is 2.16. The van der Waals surface area contributed by atoms with E-state index in [1.807, 2.05) is 0 Å². The summed E-state index contributed by atoms with van der Waals surface area (Å²) >= 11 is 5.70. The average Bonchev–Trinajstić information content (AvgIpc) is 2.43. The highest BCUT2D eigenvalue weighted by molar-refractivity contribution is 6.30. The molecular formula is C15H19ClFNO. The largest absolute Gasteiger partial charge is 0.317 e. The van der Waals surface area contributed by atoms with Crippen LogP contribution >= 0.6 is 11.6 Å². The van der Waals surface area contributed by atoms with Gasteiger partial charge in [-0.3, -0.25) is 4.79 Å². The standard InChI is InChI=1S/C15H19ClFNO/c16-14-3-1-2-12(15(14)17)10-13(19)5-4-11-6-8-18-9-7-11/h1-3,11,18H,4-10H2. The van der Waals surface area contributed by atoms with E-state index in [2.05, 4.69) is 5.32 Å². The van der Waals surface area contributed by atoms with Gasteiger partial charge in [0.05, 0.1) is 5.02 Å². The van der Waals surface area contributed by atoms with Gasteiger partial charge in [-0.05, 0) is 49.9 Å². The molecule has 19 heavy (non-hydrogen) atoms. The number of halogens is 2. The normalized spacial score (nSPS) is 16.5. The Morgan fingerprint density at radius 3 is 2.84 bits per heavy atom. The van der Waals surface area contributed by atoms with Crippen LogP contribution in [-0.4, -0.2) is 18.9 Å². The third-order valence-corrected chi connectivity index (χ3v) is 4.00. The van der Waals surface area contributed by atoms with Crippen molar-refractivity contribution in [1.82, 2.24) is 5.32 Å². The molecule has 0 unspecified atom stereocenters. The maximum atomic E-state index is 13.7. The van der Waals surface area contributed by atoms with Crippen LogP contribution in [0.1, 0.15) is 31.2 Å². The van der Waals surface area contributed by atoms with Crippen LogP contribution < -0.4 is 5.32 Å². The van der Waals surface area contributed by atoms with Crippen molar-refractivity contribution in [1.29, 1.82) is 0 Å². The van der Waals surface area contributed by atoms with Gasteiger partial charge >= 0.3 is 0 Å². The van der Waals surface area contributed by atoms with Crippen molar-refractivity contribution in [3.05, 3.63) is 34.6 Å². The second-order valence-corrected chi connectivity index (χ2v) is 5.57. The highest BCUT2D eigenvalue weighted by atomic mass is 35.5. The van der Waals surface area contributed by atoms with Crippen LogP contribution in [0.2, 0.25) is 5.02 Å². The molecule has 1 fully saturated rings. The number of benzene rings is 1. The van der Waals surface area contributed by atoms with Crippen LogP contribution in [0.4, 0.5) is 4.39 Å². The first kappa shape index (κ1) is 14.5. The van der Waals surface area contributed by atoms with Crippen LogP contribution in [0.5, 0.6) is 0 Å². The summed E-state index contributed by atoms with van der Waals surface area (Å²) in [6.07, 6.45) is 3.88. The van der Waals surface area contributed by atoms with E-state index in [1.165, 1.54) is 6.07 Å². The third kappa shape index (κ3) is 4.29. The van der Waals surface area contributed by atoms with Gasteiger partial charge in [0.25, 0.3) is 0 Å². The van der Waals surface area contributed by atoms with E-state index < -0.39 is 5.82 Å². The summed E-state index contributed by atoms with van der Waals surface area (Å²) in [5.41, 5.74) is 0.405. The van der Waals surface area contributed by atoms with E-state index in [9.17, 15) is 9.18 Å². The van der Waals surface area contributed by atoms with Crippen LogP contribution in [0.15, 0.2) is 18.2 Å². The summed E-state index contributed by atoms with van der Waals surface area (Å²) < 4.78 is 13.7. The lowest BCUT2D eigenvalue weighted by molar-refractivity contribution is -0.118. The van der Waals surface area contributed by atoms with E-state index in [0.29, 0.717) is 17.9 Å². The molecule has 1 heterocycles. The molecule has 1 aromatic rings. The summed E-state index contributed by atoms with van der Waals surface area (Å²) in [6.45, 7) is 2.09. The molecule has 2 rings (SSSR count). The van der Waals surface area contributed by atoms with Gasteiger partial charge in [-0.1, -0.05) is 23.7 Å². The first-order chi connectivity index (χ1) is 9.16. The number of nitrogens with one attached hydrogen (secondary N) is 1. The molecule has 0 atom stereocenters. The molecule has 4 heteroatoms. The number of Topliss-reactive ketones (excluding diaryl/α,β-unsaturated/α-hetero) is 1. The number of carbonyl (C=O) groups is 1. The van der Waals surface area contributed by atoms with Gasteiger partial charge in [0.1, 0.15) is 11.6 Å². The van der Waals surface area contributed by atoms with Crippen LogP contribution in [-0.2, 0) is 11.2 Å². The van der Waals surface area contributed by atoms with E-state index in [4.69, 9.17) is 11.6 Å². The third-order valence-electron chi connectivity index (χ3n) is 3.71. The summed E-state index contributed by atoms with van der Waals surface area (Å²) in [5, 5.41) is 3.39. The monoisotopic (exact) mass is 283 g/mol. The molecule has 0 aromatic heterocycles.